The van der Waals surface area contributed by atoms with Gasteiger partial charge in [0.25, 0.3) is 0 Å². The van der Waals surface area contributed by atoms with E-state index in [4.69, 9.17) is 23.2 Å². The van der Waals surface area contributed by atoms with E-state index in [1.165, 1.54) is 6.21 Å². The van der Waals surface area contributed by atoms with E-state index in [0.717, 1.165) is 5.56 Å². The van der Waals surface area contributed by atoms with E-state index in [1.54, 1.807) is 18.2 Å². The molecule has 0 aliphatic carbocycles. The molecule has 2 rings (SSSR count). The molecule has 0 bridgehead atoms. The predicted octanol–water partition coefficient (Wildman–Crippen LogP) is 3.15. The summed E-state index contributed by atoms with van der Waals surface area (Å²) in [5.74, 6) is -0.891. The molecule has 124 valence electrons. The van der Waals surface area contributed by atoms with E-state index in [2.05, 4.69) is 15.8 Å². The Kier molecular flexibility index (Phi) is 6.78. The Hall–Kier alpha value is -2.37. The van der Waals surface area contributed by atoms with Crippen LogP contribution in [0.5, 0.6) is 0 Å². The molecule has 0 aliphatic rings. The molecule has 7 heteroatoms. The summed E-state index contributed by atoms with van der Waals surface area (Å²) < 4.78 is 0. The fourth-order valence-electron chi connectivity index (χ4n) is 1.82. The van der Waals surface area contributed by atoms with E-state index in [1.807, 2.05) is 30.3 Å². The van der Waals surface area contributed by atoms with Crippen molar-refractivity contribution in [1.82, 2.24) is 10.7 Å². The Morgan fingerprint density at radius 2 is 1.79 bits per heavy atom. The Bertz CT molecular complexity index is 749. The van der Waals surface area contributed by atoms with Gasteiger partial charge in [-0.05, 0) is 17.7 Å². The first-order valence-electron chi connectivity index (χ1n) is 7.12. The van der Waals surface area contributed by atoms with Crippen molar-refractivity contribution < 1.29 is 9.59 Å². The maximum absolute atomic E-state index is 11.7. The molecule has 0 aliphatic heterocycles. The van der Waals surface area contributed by atoms with Crippen molar-refractivity contribution in [3.05, 3.63) is 69.7 Å². The predicted molar refractivity (Wildman–Crippen MR) is 95.1 cm³/mol. The molecule has 0 radical (unpaired) electrons. The van der Waals surface area contributed by atoms with Gasteiger partial charge in [0, 0.05) is 17.1 Å². The molecule has 0 saturated carbocycles. The molecule has 0 aromatic heterocycles. The van der Waals surface area contributed by atoms with Gasteiger partial charge in [-0.3, -0.25) is 9.59 Å². The van der Waals surface area contributed by atoms with Crippen LogP contribution in [0.1, 0.15) is 17.5 Å². The number of amides is 2. The first kappa shape index (κ1) is 18.0. The van der Waals surface area contributed by atoms with Crippen molar-refractivity contribution in [2.75, 3.05) is 0 Å². The summed E-state index contributed by atoms with van der Waals surface area (Å²) in [5, 5.41) is 7.37. The molecule has 0 unspecified atom stereocenters. The first-order valence-corrected chi connectivity index (χ1v) is 7.88. The van der Waals surface area contributed by atoms with Crippen LogP contribution >= 0.6 is 23.2 Å². The lowest BCUT2D eigenvalue weighted by Crippen LogP contribution is -2.29. The van der Waals surface area contributed by atoms with E-state index in [0.29, 0.717) is 22.2 Å². The van der Waals surface area contributed by atoms with Crippen LogP contribution in [-0.2, 0) is 16.1 Å². The second-order valence-corrected chi connectivity index (χ2v) is 5.74. The fourth-order valence-corrected chi connectivity index (χ4v) is 2.28. The number of hydrogen-bond acceptors (Lipinski definition) is 3. The van der Waals surface area contributed by atoms with E-state index >= 15 is 0 Å². The number of hydrazone groups is 1. The Morgan fingerprint density at radius 1 is 1.04 bits per heavy atom. The van der Waals surface area contributed by atoms with Crippen LogP contribution < -0.4 is 10.7 Å². The van der Waals surface area contributed by atoms with Gasteiger partial charge in [0.15, 0.2) is 0 Å². The van der Waals surface area contributed by atoms with Gasteiger partial charge in [-0.2, -0.15) is 5.10 Å². The Labute approximate surface area is 149 Å². The second-order valence-electron chi connectivity index (χ2n) is 4.90. The number of benzene rings is 2. The summed E-state index contributed by atoms with van der Waals surface area (Å²) in [4.78, 5) is 23.3. The molecule has 0 spiro atoms. The first-order chi connectivity index (χ1) is 11.5. The van der Waals surface area contributed by atoms with Crippen LogP contribution in [0.15, 0.2) is 53.6 Å². The minimum absolute atomic E-state index is 0.307. The average molecular weight is 364 g/mol. The smallest absolute Gasteiger partial charge is 0.249 e. The molecule has 5 nitrogen and oxygen atoms in total. The van der Waals surface area contributed by atoms with Crippen LogP contribution in [0.25, 0.3) is 0 Å². The van der Waals surface area contributed by atoms with Gasteiger partial charge < -0.3 is 5.32 Å². The average Bonchev–Trinajstić information content (AvgIpc) is 2.56. The lowest BCUT2D eigenvalue weighted by atomic mass is 10.2. The number of halogens is 2. The molecule has 2 N–H and O–H groups in total. The maximum atomic E-state index is 11.7. The molecule has 0 saturated heterocycles. The monoisotopic (exact) mass is 363 g/mol. The van der Waals surface area contributed by atoms with Crippen molar-refractivity contribution in [1.29, 1.82) is 0 Å². The van der Waals surface area contributed by atoms with Crippen LogP contribution in [0, 0.1) is 0 Å². The highest BCUT2D eigenvalue weighted by atomic mass is 35.5. The quantitative estimate of drug-likeness (QED) is 0.470. The highest BCUT2D eigenvalue weighted by Gasteiger charge is 2.08. The van der Waals surface area contributed by atoms with Crippen molar-refractivity contribution >= 4 is 41.2 Å². The van der Waals surface area contributed by atoms with Gasteiger partial charge in [0.05, 0.1) is 11.2 Å². The third-order valence-electron chi connectivity index (χ3n) is 3.01. The number of carbonyl (C=O) groups is 2. The minimum Gasteiger partial charge on any atom is -0.352 e. The highest BCUT2D eigenvalue weighted by molar-refractivity contribution is 6.36. The van der Waals surface area contributed by atoms with Gasteiger partial charge in [-0.25, -0.2) is 5.43 Å². The van der Waals surface area contributed by atoms with Gasteiger partial charge in [-0.15, -0.1) is 0 Å². The zero-order valence-electron chi connectivity index (χ0n) is 12.6. The van der Waals surface area contributed by atoms with E-state index in [9.17, 15) is 9.59 Å². The normalized spacial score (nSPS) is 10.6. The Morgan fingerprint density at radius 3 is 2.50 bits per heavy atom. The topological polar surface area (TPSA) is 70.6 Å². The second kappa shape index (κ2) is 9.05. The largest absolute Gasteiger partial charge is 0.352 e. The number of hydrogen-bond donors (Lipinski definition) is 2. The summed E-state index contributed by atoms with van der Waals surface area (Å²) in [7, 11) is 0. The zero-order valence-corrected chi connectivity index (χ0v) is 14.1. The zero-order chi connectivity index (χ0) is 17.4. The third kappa shape index (κ3) is 6.02. The molecule has 0 fully saturated rings. The number of nitrogens with one attached hydrogen (secondary N) is 2. The molecule has 0 atom stereocenters. The lowest BCUT2D eigenvalue weighted by molar-refractivity contribution is -0.129. The standard InChI is InChI=1S/C17H15Cl2N3O2/c18-14-7-6-13(15(19)8-14)11-21-22-17(24)9-16(23)20-10-12-4-2-1-3-5-12/h1-8,11H,9-10H2,(H,20,23)(H,22,24). The van der Waals surface area contributed by atoms with Gasteiger partial charge in [-0.1, -0.05) is 59.6 Å². The number of rotatable bonds is 6. The van der Waals surface area contributed by atoms with E-state index < -0.39 is 5.91 Å². The van der Waals surface area contributed by atoms with Crippen LogP contribution in [-0.4, -0.2) is 18.0 Å². The molecular formula is C17H15Cl2N3O2. The van der Waals surface area contributed by atoms with Crippen LogP contribution in [0.3, 0.4) is 0 Å². The summed E-state index contributed by atoms with van der Waals surface area (Å²) in [6.07, 6.45) is 1.08. The van der Waals surface area contributed by atoms with Gasteiger partial charge in [0.2, 0.25) is 11.8 Å². The van der Waals surface area contributed by atoms with Crippen molar-refractivity contribution in [3.8, 4) is 0 Å². The van der Waals surface area contributed by atoms with Crippen molar-refractivity contribution in [3.63, 3.8) is 0 Å². The highest BCUT2D eigenvalue weighted by Crippen LogP contribution is 2.19. The van der Waals surface area contributed by atoms with Crippen LogP contribution in [0.4, 0.5) is 0 Å². The van der Waals surface area contributed by atoms with Gasteiger partial charge >= 0.3 is 0 Å². The van der Waals surface area contributed by atoms with E-state index in [-0.39, 0.29) is 12.3 Å². The molecule has 2 aromatic rings. The molecule has 24 heavy (non-hydrogen) atoms. The third-order valence-corrected chi connectivity index (χ3v) is 3.57. The summed E-state index contributed by atoms with van der Waals surface area (Å²) in [5.41, 5.74) is 3.85. The van der Waals surface area contributed by atoms with Gasteiger partial charge in [0.1, 0.15) is 6.42 Å². The van der Waals surface area contributed by atoms with Crippen LogP contribution in [0.2, 0.25) is 10.0 Å². The summed E-state index contributed by atoms with van der Waals surface area (Å²) in [6, 6.07) is 14.3. The number of carbonyl (C=O) groups excluding carboxylic acids is 2. The molecule has 0 heterocycles. The SMILES string of the molecule is O=C(CC(=O)NN=Cc1ccc(Cl)cc1Cl)NCc1ccccc1. The summed E-state index contributed by atoms with van der Waals surface area (Å²) >= 11 is 11.8. The van der Waals surface area contributed by atoms with Crippen molar-refractivity contribution in [2.24, 2.45) is 5.10 Å². The van der Waals surface area contributed by atoms with Crippen molar-refractivity contribution in [2.45, 2.75) is 13.0 Å². The summed E-state index contributed by atoms with van der Waals surface area (Å²) in [6.45, 7) is 0.372. The lowest BCUT2D eigenvalue weighted by Gasteiger charge is -2.04. The molecule has 2 aromatic carbocycles. The number of nitrogens with zero attached hydrogens (tertiary/aromatic N) is 1. The maximum Gasteiger partial charge on any atom is 0.249 e. The molecule has 2 amide bonds. The Balaban J connectivity index is 1.76. The minimum atomic E-state index is -0.512. The molecular weight excluding hydrogens is 349 g/mol. The fraction of sp³-hybridized carbons (Fsp3) is 0.118.